The maximum absolute atomic E-state index is 12.4. The summed E-state index contributed by atoms with van der Waals surface area (Å²) in [5, 5.41) is -1.83. The van der Waals surface area contributed by atoms with Crippen molar-refractivity contribution in [2.45, 2.75) is 40.0 Å². The second-order valence-corrected chi connectivity index (χ2v) is 12.6. The van der Waals surface area contributed by atoms with Crippen LogP contribution in [0.25, 0.3) is 0 Å². The topological polar surface area (TPSA) is 172 Å². The average molecular weight is 631 g/mol. The molecule has 234 valence electrons. The Bertz CT molecular complexity index is 997. The summed E-state index contributed by atoms with van der Waals surface area (Å²) in [4.78, 5) is 12.1. The number of halogens is 6. The van der Waals surface area contributed by atoms with Crippen molar-refractivity contribution in [2.24, 2.45) is 16.2 Å². The minimum atomic E-state index is -5.32. The number of carbonyl (C=O) groups excluding carboxylic acids is 1. The van der Waals surface area contributed by atoms with Crippen molar-refractivity contribution in [3.8, 4) is 0 Å². The third-order valence-electron chi connectivity index (χ3n) is 4.54. The van der Waals surface area contributed by atoms with Crippen molar-refractivity contribution in [3.05, 3.63) is 0 Å². The van der Waals surface area contributed by atoms with E-state index >= 15 is 0 Å². The Hall–Kier alpha value is -1.13. The molecule has 0 spiro atoms. The highest BCUT2D eigenvalue weighted by atomic mass is 32.3. The molecule has 20 heteroatoms. The van der Waals surface area contributed by atoms with Crippen LogP contribution in [0.2, 0.25) is 0 Å². The van der Waals surface area contributed by atoms with Crippen molar-refractivity contribution in [2.75, 3.05) is 59.5 Å². The van der Waals surface area contributed by atoms with Gasteiger partial charge < -0.3 is 18.9 Å². The molecule has 2 unspecified atom stereocenters. The standard InChI is InChI=1S/C19H32F6O12S2/c1-15(2,5-33-7-16(3,9-37-39(30,31)32)8-35-12-18(20,21)22)6-34-10-17(4,14(26)38(27,28)29)11-36-13-19(23,24)25/h5-13H2,1-4H3,(H,27,28,29)(H,30,31,32). The third-order valence-corrected chi connectivity index (χ3v) is 5.92. The molecule has 2 atom stereocenters. The average Bonchev–Trinajstić information content (AvgIpc) is 2.68. The van der Waals surface area contributed by atoms with Gasteiger partial charge in [0.1, 0.15) is 13.2 Å². The quantitative estimate of drug-likeness (QED) is 0.168. The predicted octanol–water partition coefficient (Wildman–Crippen LogP) is 2.45. The Morgan fingerprint density at radius 2 is 0.974 bits per heavy atom. The Kier molecular flexibility index (Phi) is 13.8. The van der Waals surface area contributed by atoms with Gasteiger partial charge in [0.05, 0.1) is 51.7 Å². The summed E-state index contributed by atoms with van der Waals surface area (Å²) in [5.74, 6) is 0. The van der Waals surface area contributed by atoms with Gasteiger partial charge in [-0.15, -0.1) is 0 Å². The van der Waals surface area contributed by atoms with Crippen LogP contribution in [0.5, 0.6) is 0 Å². The van der Waals surface area contributed by atoms with Crippen LogP contribution in [0.4, 0.5) is 26.3 Å². The summed E-state index contributed by atoms with van der Waals surface area (Å²) in [5.41, 5.74) is -4.68. The fraction of sp³-hybridized carbons (Fsp3) is 0.947. The zero-order valence-corrected chi connectivity index (χ0v) is 23.1. The van der Waals surface area contributed by atoms with Gasteiger partial charge in [-0.2, -0.15) is 43.2 Å². The first-order valence-electron chi connectivity index (χ1n) is 10.8. The van der Waals surface area contributed by atoms with E-state index in [0.717, 1.165) is 6.92 Å². The van der Waals surface area contributed by atoms with Gasteiger partial charge in [-0.1, -0.05) is 20.8 Å². The highest BCUT2D eigenvalue weighted by Gasteiger charge is 2.43. The minimum absolute atomic E-state index is 0.221. The largest absolute Gasteiger partial charge is 0.411 e. The van der Waals surface area contributed by atoms with E-state index in [9.17, 15) is 48.0 Å². The van der Waals surface area contributed by atoms with Crippen molar-refractivity contribution >= 4 is 25.6 Å². The van der Waals surface area contributed by atoms with Crippen LogP contribution >= 0.6 is 0 Å². The van der Waals surface area contributed by atoms with E-state index in [4.69, 9.17) is 18.6 Å². The van der Waals surface area contributed by atoms with Gasteiger partial charge in [0.15, 0.2) is 0 Å². The van der Waals surface area contributed by atoms with Crippen molar-refractivity contribution < 1.29 is 80.2 Å². The van der Waals surface area contributed by atoms with Crippen molar-refractivity contribution in [1.29, 1.82) is 0 Å². The molecule has 0 aromatic rings. The number of ether oxygens (including phenoxy) is 4. The molecule has 0 aliphatic carbocycles. The summed E-state index contributed by atoms with van der Waals surface area (Å²) in [7, 11) is -10.3. The maximum atomic E-state index is 12.4. The summed E-state index contributed by atoms with van der Waals surface area (Å²) in [6.07, 6.45) is -9.45. The van der Waals surface area contributed by atoms with Gasteiger partial charge >= 0.3 is 32.9 Å². The van der Waals surface area contributed by atoms with E-state index in [-0.39, 0.29) is 13.2 Å². The molecule has 0 saturated heterocycles. The molecule has 0 amide bonds. The Morgan fingerprint density at radius 1 is 0.615 bits per heavy atom. The molecular formula is C19H32F6O12S2. The zero-order valence-electron chi connectivity index (χ0n) is 21.4. The summed E-state index contributed by atoms with van der Waals surface area (Å²) in [6.45, 7) is -2.54. The summed E-state index contributed by atoms with van der Waals surface area (Å²) < 4.78 is 160. The molecule has 39 heavy (non-hydrogen) atoms. The number of carbonyl (C=O) groups is 1. The number of rotatable bonds is 18. The van der Waals surface area contributed by atoms with E-state index in [1.54, 1.807) is 0 Å². The Balaban J connectivity index is 5.18. The monoisotopic (exact) mass is 630 g/mol. The fourth-order valence-corrected chi connectivity index (χ4v) is 3.96. The van der Waals surface area contributed by atoms with E-state index in [1.807, 2.05) is 0 Å². The lowest BCUT2D eigenvalue weighted by atomic mass is 9.92. The number of alkyl halides is 6. The Morgan fingerprint density at radius 3 is 1.33 bits per heavy atom. The van der Waals surface area contributed by atoms with Crippen LogP contribution < -0.4 is 0 Å². The van der Waals surface area contributed by atoms with Crippen molar-refractivity contribution in [3.63, 3.8) is 0 Å². The molecule has 0 bridgehead atoms. The first-order valence-corrected chi connectivity index (χ1v) is 13.6. The first-order chi connectivity index (χ1) is 17.2. The third kappa shape index (κ3) is 18.0. The molecular weight excluding hydrogens is 598 g/mol. The Labute approximate surface area is 221 Å². The zero-order chi connectivity index (χ0) is 31.0. The van der Waals surface area contributed by atoms with Crippen LogP contribution in [0.1, 0.15) is 27.7 Å². The van der Waals surface area contributed by atoms with Gasteiger partial charge in [0, 0.05) is 10.8 Å². The molecule has 0 rings (SSSR count). The van der Waals surface area contributed by atoms with Gasteiger partial charge in [-0.25, -0.2) is 4.18 Å². The van der Waals surface area contributed by atoms with Crippen LogP contribution in [0, 0.1) is 16.2 Å². The molecule has 2 N–H and O–H groups in total. The van der Waals surface area contributed by atoms with Gasteiger partial charge in [-0.05, 0) is 6.92 Å². The molecule has 0 saturated carbocycles. The molecule has 0 radical (unpaired) electrons. The number of hydrogen-bond acceptors (Lipinski definition) is 10. The van der Waals surface area contributed by atoms with Crippen LogP contribution in [-0.2, 0) is 48.4 Å². The second-order valence-electron chi connectivity index (χ2n) is 10.2. The van der Waals surface area contributed by atoms with Crippen LogP contribution in [0.3, 0.4) is 0 Å². The van der Waals surface area contributed by atoms with E-state index in [1.165, 1.54) is 20.8 Å². The molecule has 12 nitrogen and oxygen atoms in total. The van der Waals surface area contributed by atoms with Crippen LogP contribution in [0.15, 0.2) is 0 Å². The molecule has 0 fully saturated rings. The molecule has 0 aliphatic heterocycles. The van der Waals surface area contributed by atoms with E-state index in [2.05, 4.69) is 13.7 Å². The minimum Gasteiger partial charge on any atom is -0.380 e. The molecule has 0 heterocycles. The highest BCUT2D eigenvalue weighted by molar-refractivity contribution is 8.01. The molecule has 0 aromatic heterocycles. The molecule has 0 aromatic carbocycles. The maximum Gasteiger partial charge on any atom is 0.411 e. The van der Waals surface area contributed by atoms with Crippen molar-refractivity contribution in [1.82, 2.24) is 0 Å². The highest BCUT2D eigenvalue weighted by Crippen LogP contribution is 2.27. The first kappa shape index (κ1) is 37.9. The van der Waals surface area contributed by atoms with E-state index in [0.29, 0.717) is 0 Å². The molecule has 0 aliphatic rings. The fourth-order valence-electron chi connectivity index (χ4n) is 2.79. The lowest BCUT2D eigenvalue weighted by Crippen LogP contribution is -2.43. The normalized spacial score (nSPS) is 17.0. The van der Waals surface area contributed by atoms with E-state index < -0.39 is 100 Å². The second kappa shape index (κ2) is 14.2. The van der Waals surface area contributed by atoms with Gasteiger partial charge in [0.25, 0.3) is 5.12 Å². The van der Waals surface area contributed by atoms with Gasteiger partial charge in [-0.3, -0.25) is 13.9 Å². The summed E-state index contributed by atoms with van der Waals surface area (Å²) >= 11 is 0. The lowest BCUT2D eigenvalue weighted by Gasteiger charge is -2.32. The van der Waals surface area contributed by atoms with Gasteiger partial charge in [0.2, 0.25) is 0 Å². The summed E-state index contributed by atoms with van der Waals surface area (Å²) in [6, 6.07) is 0. The SMILES string of the molecule is CC(C)(COCC(C)(COCC(F)(F)F)COS(=O)(=O)O)COCC(C)(COCC(F)(F)F)C(=O)S(=O)(=O)O. The van der Waals surface area contributed by atoms with Crippen LogP contribution in [-0.4, -0.2) is 103 Å². The lowest BCUT2D eigenvalue weighted by molar-refractivity contribution is -0.185. The smallest absolute Gasteiger partial charge is 0.380 e. The predicted molar refractivity (Wildman–Crippen MR) is 119 cm³/mol. The number of hydrogen-bond donors (Lipinski definition) is 2.